The van der Waals surface area contributed by atoms with Gasteiger partial charge in [-0.25, -0.2) is 9.59 Å². The SMILES string of the molecule is CC(C)(C)OC(=O)N[C@@H]1CCCCC/C=C\[C@H]2C[C@@]2(C(=O)O)NC(=O)[C@@H]2[C@H]3CN(C(=O)c4cccc(-c5ccc(Cl)cc5)c4)C[C@H]3CN2C1=O. The summed E-state index contributed by atoms with van der Waals surface area (Å²) in [6, 6.07) is 12.7. The summed E-state index contributed by atoms with van der Waals surface area (Å²) >= 11 is 6.07. The number of ether oxygens (including phenoxy) is 1. The monoisotopic (exact) mass is 704 g/mol. The van der Waals surface area contributed by atoms with Crippen molar-refractivity contribution in [3.8, 4) is 11.1 Å². The van der Waals surface area contributed by atoms with E-state index in [1.165, 1.54) is 4.90 Å². The summed E-state index contributed by atoms with van der Waals surface area (Å²) in [5, 5.41) is 16.4. The molecule has 2 aromatic rings. The van der Waals surface area contributed by atoms with Gasteiger partial charge in [0.1, 0.15) is 23.2 Å². The van der Waals surface area contributed by atoms with Gasteiger partial charge in [-0.1, -0.05) is 60.9 Å². The molecule has 4 aliphatic rings. The van der Waals surface area contributed by atoms with Crippen LogP contribution in [0.25, 0.3) is 11.1 Å². The third-order valence-electron chi connectivity index (χ3n) is 10.3. The Labute approximate surface area is 297 Å². The maximum atomic E-state index is 14.3. The molecule has 2 aromatic carbocycles. The molecule has 2 saturated heterocycles. The van der Waals surface area contributed by atoms with E-state index in [4.69, 9.17) is 16.3 Å². The highest BCUT2D eigenvalue weighted by Gasteiger charge is 2.62. The second-order valence-corrected chi connectivity index (χ2v) is 15.4. The zero-order valence-electron chi connectivity index (χ0n) is 28.7. The highest BCUT2D eigenvalue weighted by molar-refractivity contribution is 6.30. The molecule has 0 aromatic heterocycles. The number of carboxylic acids is 1. The number of hydrogen-bond donors (Lipinski definition) is 3. The lowest BCUT2D eigenvalue weighted by atomic mass is 9.93. The standard InChI is InChI=1S/C38H45ClN4O7/c1-37(2,3)50-36(49)40-30-13-8-6-4-5-7-12-27-19-38(27,35(47)48)41-32(44)31-29-22-42(20-26(29)21-43(31)34(30)46)33(45)25-11-9-10-24(18-25)23-14-16-28(39)17-15-23/h7,9-12,14-18,26-27,29-31H,4-6,8,13,19-22H2,1-3H3,(H,40,49)(H,41,44)(H,47,48)/b12-7-/t26-,27-,29-,30+,31-,38+/m0/s1. The molecule has 3 fully saturated rings. The number of allylic oxidation sites excluding steroid dienone is 1. The van der Waals surface area contributed by atoms with Crippen LogP contribution in [0.15, 0.2) is 60.7 Å². The van der Waals surface area contributed by atoms with Gasteiger partial charge in [-0.15, -0.1) is 0 Å². The summed E-state index contributed by atoms with van der Waals surface area (Å²) in [5.41, 5.74) is 0.0447. The third kappa shape index (κ3) is 7.52. The van der Waals surface area contributed by atoms with Crippen LogP contribution in [-0.4, -0.2) is 87.5 Å². The van der Waals surface area contributed by atoms with Crippen LogP contribution in [-0.2, 0) is 19.1 Å². The number of carbonyl (C=O) groups excluding carboxylic acids is 4. The van der Waals surface area contributed by atoms with Crippen molar-refractivity contribution < 1.29 is 33.8 Å². The van der Waals surface area contributed by atoms with Crippen molar-refractivity contribution in [3.05, 3.63) is 71.3 Å². The van der Waals surface area contributed by atoms with Crippen LogP contribution in [0.3, 0.4) is 0 Å². The molecule has 266 valence electrons. The van der Waals surface area contributed by atoms with Gasteiger partial charge in [0.2, 0.25) is 11.8 Å². The molecule has 0 unspecified atom stereocenters. The largest absolute Gasteiger partial charge is 0.479 e. The topological polar surface area (TPSA) is 145 Å². The first kappa shape index (κ1) is 35.4. The van der Waals surface area contributed by atoms with Crippen LogP contribution in [0.5, 0.6) is 0 Å². The van der Waals surface area contributed by atoms with E-state index in [9.17, 15) is 29.1 Å². The Balaban J connectivity index is 1.27. The number of fused-ring (bicyclic) bond motifs is 4. The van der Waals surface area contributed by atoms with Crippen LogP contribution in [0.1, 0.15) is 69.7 Å². The molecule has 1 aliphatic carbocycles. The first-order valence-electron chi connectivity index (χ1n) is 17.4. The smallest absolute Gasteiger partial charge is 0.408 e. The summed E-state index contributed by atoms with van der Waals surface area (Å²) in [5.74, 6) is -3.30. The Hall–Kier alpha value is -4.38. The molecule has 3 N–H and O–H groups in total. The molecule has 4 amide bonds. The maximum absolute atomic E-state index is 14.3. The molecule has 3 heterocycles. The number of hydrogen-bond acceptors (Lipinski definition) is 6. The Bertz CT molecular complexity index is 1690. The minimum absolute atomic E-state index is 0.187. The number of likely N-dealkylation sites (tertiary alicyclic amines) is 1. The Morgan fingerprint density at radius 1 is 1.00 bits per heavy atom. The van der Waals surface area contributed by atoms with Gasteiger partial charge in [-0.2, -0.15) is 0 Å². The number of halogens is 1. The predicted molar refractivity (Wildman–Crippen MR) is 187 cm³/mol. The lowest BCUT2D eigenvalue weighted by Crippen LogP contribution is -2.58. The number of carboxylic acid groups (broad SMARTS) is 1. The van der Waals surface area contributed by atoms with Gasteiger partial charge < -0.3 is 30.3 Å². The highest BCUT2D eigenvalue weighted by Crippen LogP contribution is 2.46. The molecule has 11 nitrogen and oxygen atoms in total. The maximum Gasteiger partial charge on any atom is 0.408 e. The molecule has 6 rings (SSSR count). The van der Waals surface area contributed by atoms with E-state index in [-0.39, 0.29) is 37.3 Å². The van der Waals surface area contributed by atoms with E-state index in [1.807, 2.05) is 42.5 Å². The van der Waals surface area contributed by atoms with Gasteiger partial charge in [0, 0.05) is 48.0 Å². The second-order valence-electron chi connectivity index (χ2n) is 15.0. The molecule has 12 heteroatoms. The van der Waals surface area contributed by atoms with Crippen LogP contribution in [0, 0.1) is 17.8 Å². The van der Waals surface area contributed by atoms with Crippen LogP contribution >= 0.6 is 11.6 Å². The number of carbonyl (C=O) groups is 5. The number of nitrogens with one attached hydrogen (secondary N) is 2. The third-order valence-corrected chi connectivity index (χ3v) is 10.5. The van der Waals surface area contributed by atoms with Gasteiger partial charge in [0.15, 0.2) is 0 Å². The van der Waals surface area contributed by atoms with Crippen LogP contribution < -0.4 is 10.6 Å². The Kier molecular flexibility index (Phi) is 9.99. The summed E-state index contributed by atoms with van der Waals surface area (Å²) in [7, 11) is 0. The fraction of sp³-hybridized carbons (Fsp3) is 0.500. The van der Waals surface area contributed by atoms with Crippen molar-refractivity contribution >= 4 is 41.4 Å². The zero-order chi connectivity index (χ0) is 35.8. The van der Waals surface area contributed by atoms with Crippen molar-refractivity contribution in [2.75, 3.05) is 19.6 Å². The molecule has 0 bridgehead atoms. The molecular formula is C38H45ClN4O7. The zero-order valence-corrected chi connectivity index (χ0v) is 29.4. The Morgan fingerprint density at radius 2 is 1.76 bits per heavy atom. The normalized spacial score (nSPS) is 29.0. The number of benzene rings is 2. The van der Waals surface area contributed by atoms with Crippen LogP contribution in [0.4, 0.5) is 4.79 Å². The van der Waals surface area contributed by atoms with Crippen molar-refractivity contribution in [2.24, 2.45) is 17.8 Å². The summed E-state index contributed by atoms with van der Waals surface area (Å²) in [6.07, 6.45) is 6.78. The molecule has 50 heavy (non-hydrogen) atoms. The lowest BCUT2D eigenvalue weighted by molar-refractivity contribution is -0.146. The fourth-order valence-electron chi connectivity index (χ4n) is 7.64. The van der Waals surface area contributed by atoms with Gasteiger partial charge in [0.25, 0.3) is 5.91 Å². The van der Waals surface area contributed by atoms with Crippen molar-refractivity contribution in [3.63, 3.8) is 0 Å². The first-order chi connectivity index (χ1) is 23.8. The summed E-state index contributed by atoms with van der Waals surface area (Å²) in [4.78, 5) is 71.1. The first-order valence-corrected chi connectivity index (χ1v) is 17.8. The fourth-order valence-corrected chi connectivity index (χ4v) is 7.77. The highest BCUT2D eigenvalue weighted by atomic mass is 35.5. The molecule has 0 spiro atoms. The van der Waals surface area contributed by atoms with E-state index < -0.39 is 53.0 Å². The van der Waals surface area contributed by atoms with Crippen molar-refractivity contribution in [1.82, 2.24) is 20.4 Å². The molecule has 6 atom stereocenters. The van der Waals surface area contributed by atoms with Gasteiger partial charge >= 0.3 is 12.1 Å². The summed E-state index contributed by atoms with van der Waals surface area (Å²) < 4.78 is 5.48. The average molecular weight is 705 g/mol. The second kappa shape index (κ2) is 14.1. The molecular weight excluding hydrogens is 660 g/mol. The van der Waals surface area contributed by atoms with E-state index in [0.29, 0.717) is 30.0 Å². The van der Waals surface area contributed by atoms with Gasteiger partial charge in [-0.3, -0.25) is 14.4 Å². The number of aliphatic carboxylic acids is 1. The predicted octanol–water partition coefficient (Wildman–Crippen LogP) is 5.28. The van der Waals surface area contributed by atoms with E-state index >= 15 is 0 Å². The number of amides is 4. The molecule has 0 radical (unpaired) electrons. The minimum Gasteiger partial charge on any atom is -0.479 e. The lowest BCUT2D eigenvalue weighted by Gasteiger charge is -2.33. The van der Waals surface area contributed by atoms with E-state index in [0.717, 1.165) is 30.4 Å². The minimum atomic E-state index is -1.45. The van der Waals surface area contributed by atoms with Crippen LogP contribution in [0.2, 0.25) is 5.02 Å². The van der Waals surface area contributed by atoms with Gasteiger partial charge in [-0.05, 0) is 81.8 Å². The number of nitrogens with zero attached hydrogens (tertiary/aromatic N) is 2. The number of alkyl carbamates (subject to hydrolysis) is 1. The van der Waals surface area contributed by atoms with Crippen molar-refractivity contribution in [1.29, 1.82) is 0 Å². The van der Waals surface area contributed by atoms with E-state index in [1.54, 1.807) is 43.9 Å². The summed E-state index contributed by atoms with van der Waals surface area (Å²) in [6.45, 7) is 5.94. The quantitative estimate of drug-likeness (QED) is 0.368. The number of rotatable bonds is 4. The van der Waals surface area contributed by atoms with Crippen molar-refractivity contribution in [2.45, 2.75) is 82.5 Å². The van der Waals surface area contributed by atoms with Gasteiger partial charge in [0.05, 0.1) is 0 Å². The molecule has 1 saturated carbocycles. The Morgan fingerprint density at radius 3 is 2.48 bits per heavy atom. The molecule has 3 aliphatic heterocycles. The average Bonchev–Trinajstić information content (AvgIpc) is 3.41. The van der Waals surface area contributed by atoms with E-state index in [2.05, 4.69) is 10.6 Å².